The minimum absolute atomic E-state index is 0.0783. The lowest BCUT2D eigenvalue weighted by Crippen LogP contribution is -2.39. The van der Waals surface area contributed by atoms with Crippen LogP contribution in [0.15, 0.2) is 12.1 Å². The van der Waals surface area contributed by atoms with Crippen molar-refractivity contribution in [2.24, 2.45) is 0 Å². The summed E-state index contributed by atoms with van der Waals surface area (Å²) in [5.74, 6) is 0. The van der Waals surface area contributed by atoms with Gasteiger partial charge in [-0.1, -0.05) is 17.7 Å². The molecule has 1 atom stereocenters. The summed E-state index contributed by atoms with van der Waals surface area (Å²) >= 11 is 5.73. The fourth-order valence-corrected chi connectivity index (χ4v) is 1.71. The molecule has 1 rings (SSSR count). The molecule has 1 unspecified atom stereocenters. The van der Waals surface area contributed by atoms with E-state index < -0.39 is 11.8 Å². The van der Waals surface area contributed by atoms with Crippen LogP contribution >= 0.6 is 11.6 Å². The standard InChI is InChI=1S/C11H12ClF3O/c1-6-4-8(9(12)5-7(6)2)10(3,16)11(13,14)15/h4-5,16H,1-3H3. The van der Waals surface area contributed by atoms with E-state index >= 15 is 0 Å². The molecular formula is C11H12ClF3O. The van der Waals surface area contributed by atoms with E-state index in [-0.39, 0.29) is 10.6 Å². The summed E-state index contributed by atoms with van der Waals surface area (Å²) in [4.78, 5) is 0. The van der Waals surface area contributed by atoms with Gasteiger partial charge in [-0.3, -0.25) is 0 Å². The molecule has 0 bridgehead atoms. The molecule has 0 saturated heterocycles. The summed E-state index contributed by atoms with van der Waals surface area (Å²) < 4.78 is 37.9. The zero-order valence-corrected chi connectivity index (χ0v) is 9.87. The molecule has 16 heavy (non-hydrogen) atoms. The lowest BCUT2D eigenvalue weighted by Gasteiger charge is -2.28. The third kappa shape index (κ3) is 2.18. The molecule has 0 radical (unpaired) electrons. The summed E-state index contributed by atoms with van der Waals surface area (Å²) in [6, 6.07) is 2.69. The number of hydrogen-bond donors (Lipinski definition) is 1. The maximum Gasteiger partial charge on any atom is 0.421 e. The van der Waals surface area contributed by atoms with E-state index in [1.165, 1.54) is 12.1 Å². The largest absolute Gasteiger partial charge is 0.421 e. The summed E-state index contributed by atoms with van der Waals surface area (Å²) in [5.41, 5.74) is -1.80. The third-order valence-electron chi connectivity index (χ3n) is 2.66. The van der Waals surface area contributed by atoms with Crippen LogP contribution in [0.3, 0.4) is 0 Å². The van der Waals surface area contributed by atoms with Crippen LogP contribution in [-0.2, 0) is 5.60 Å². The Hall–Kier alpha value is -0.740. The highest BCUT2D eigenvalue weighted by atomic mass is 35.5. The minimum Gasteiger partial charge on any atom is -0.376 e. The maximum atomic E-state index is 12.6. The van der Waals surface area contributed by atoms with Crippen molar-refractivity contribution in [3.8, 4) is 0 Å². The molecule has 0 fully saturated rings. The lowest BCUT2D eigenvalue weighted by molar-refractivity contribution is -0.258. The zero-order chi connectivity index (χ0) is 12.7. The molecule has 0 aliphatic carbocycles. The Morgan fingerprint density at radius 3 is 2.00 bits per heavy atom. The van der Waals surface area contributed by atoms with Crippen LogP contribution in [0.4, 0.5) is 13.2 Å². The number of hydrogen-bond acceptors (Lipinski definition) is 1. The van der Waals surface area contributed by atoms with Crippen LogP contribution in [0, 0.1) is 13.8 Å². The quantitative estimate of drug-likeness (QED) is 0.808. The van der Waals surface area contributed by atoms with E-state index in [1.54, 1.807) is 13.8 Å². The van der Waals surface area contributed by atoms with Gasteiger partial charge in [0.25, 0.3) is 0 Å². The SMILES string of the molecule is Cc1cc(Cl)c(C(C)(O)C(F)(F)F)cc1C. The van der Waals surface area contributed by atoms with E-state index in [0.29, 0.717) is 12.5 Å². The average Bonchev–Trinajstić information content (AvgIpc) is 2.09. The molecule has 5 heteroatoms. The molecule has 0 aliphatic heterocycles. The lowest BCUT2D eigenvalue weighted by atomic mass is 9.92. The molecule has 1 aromatic carbocycles. The van der Waals surface area contributed by atoms with Crippen molar-refractivity contribution in [2.45, 2.75) is 32.5 Å². The topological polar surface area (TPSA) is 20.2 Å². The van der Waals surface area contributed by atoms with Crippen molar-refractivity contribution < 1.29 is 18.3 Å². The predicted molar refractivity (Wildman–Crippen MR) is 56.6 cm³/mol. The predicted octanol–water partition coefficient (Wildman–Crippen LogP) is 3.73. The highest BCUT2D eigenvalue weighted by Gasteiger charge is 2.52. The second kappa shape index (κ2) is 3.93. The Morgan fingerprint density at radius 2 is 1.56 bits per heavy atom. The first-order valence-corrected chi connectivity index (χ1v) is 5.01. The molecule has 0 saturated carbocycles. The van der Waals surface area contributed by atoms with Gasteiger partial charge in [-0.05, 0) is 38.0 Å². The van der Waals surface area contributed by atoms with E-state index in [9.17, 15) is 18.3 Å². The Balaban J connectivity index is 3.39. The summed E-state index contributed by atoms with van der Waals surface area (Å²) in [7, 11) is 0. The van der Waals surface area contributed by atoms with Crippen LogP contribution in [-0.4, -0.2) is 11.3 Å². The molecule has 1 N–H and O–H groups in total. The van der Waals surface area contributed by atoms with Gasteiger partial charge in [0, 0.05) is 10.6 Å². The molecule has 0 amide bonds. The van der Waals surface area contributed by atoms with Gasteiger partial charge in [0.05, 0.1) is 0 Å². The number of rotatable bonds is 1. The minimum atomic E-state index is -4.75. The number of halogens is 4. The third-order valence-corrected chi connectivity index (χ3v) is 2.97. The first kappa shape index (κ1) is 13.3. The molecule has 1 nitrogen and oxygen atoms in total. The second-order valence-electron chi connectivity index (χ2n) is 3.99. The Labute approximate surface area is 96.9 Å². The van der Waals surface area contributed by atoms with Gasteiger partial charge in [0.1, 0.15) is 0 Å². The summed E-state index contributed by atoms with van der Waals surface area (Å²) in [6.07, 6.45) is -4.75. The number of benzene rings is 1. The van der Waals surface area contributed by atoms with Crippen molar-refractivity contribution in [1.29, 1.82) is 0 Å². The first-order valence-electron chi connectivity index (χ1n) is 4.63. The fraction of sp³-hybridized carbons (Fsp3) is 0.455. The highest BCUT2D eigenvalue weighted by molar-refractivity contribution is 6.31. The first-order chi connectivity index (χ1) is 7.07. The zero-order valence-electron chi connectivity index (χ0n) is 9.11. The normalized spacial score (nSPS) is 16.0. The number of alkyl halides is 3. The molecular weight excluding hydrogens is 241 g/mol. The van der Waals surface area contributed by atoms with Gasteiger partial charge in [0.2, 0.25) is 0 Å². The Bertz CT molecular complexity index is 410. The smallest absolute Gasteiger partial charge is 0.376 e. The number of aliphatic hydroxyl groups is 1. The second-order valence-corrected chi connectivity index (χ2v) is 4.39. The van der Waals surface area contributed by atoms with Crippen molar-refractivity contribution in [3.63, 3.8) is 0 Å². The Kier molecular flexibility index (Phi) is 3.27. The average molecular weight is 253 g/mol. The number of aryl methyl sites for hydroxylation is 2. The fourth-order valence-electron chi connectivity index (χ4n) is 1.31. The van der Waals surface area contributed by atoms with Crippen molar-refractivity contribution >= 4 is 11.6 Å². The van der Waals surface area contributed by atoms with Crippen LogP contribution in [0.2, 0.25) is 5.02 Å². The van der Waals surface area contributed by atoms with Crippen LogP contribution in [0.1, 0.15) is 23.6 Å². The van der Waals surface area contributed by atoms with Crippen molar-refractivity contribution in [3.05, 3.63) is 33.8 Å². The van der Waals surface area contributed by atoms with Crippen LogP contribution in [0.25, 0.3) is 0 Å². The highest BCUT2D eigenvalue weighted by Crippen LogP contribution is 2.41. The van der Waals surface area contributed by atoms with Gasteiger partial charge in [-0.2, -0.15) is 13.2 Å². The molecule has 1 aromatic rings. The van der Waals surface area contributed by atoms with E-state index in [2.05, 4.69) is 0 Å². The Morgan fingerprint density at radius 1 is 1.12 bits per heavy atom. The summed E-state index contributed by atoms with van der Waals surface area (Å²) in [5, 5.41) is 9.43. The van der Waals surface area contributed by atoms with E-state index in [1.807, 2.05) is 0 Å². The van der Waals surface area contributed by atoms with E-state index in [0.717, 1.165) is 5.56 Å². The maximum absolute atomic E-state index is 12.6. The van der Waals surface area contributed by atoms with Crippen LogP contribution < -0.4 is 0 Å². The summed E-state index contributed by atoms with van der Waals surface area (Å²) in [6.45, 7) is 4.11. The van der Waals surface area contributed by atoms with E-state index in [4.69, 9.17) is 11.6 Å². The van der Waals surface area contributed by atoms with Gasteiger partial charge in [-0.15, -0.1) is 0 Å². The molecule has 0 aliphatic rings. The molecule has 90 valence electrons. The van der Waals surface area contributed by atoms with Gasteiger partial charge in [-0.25, -0.2) is 0 Å². The molecule has 0 aromatic heterocycles. The molecule has 0 heterocycles. The van der Waals surface area contributed by atoms with Gasteiger partial charge < -0.3 is 5.11 Å². The van der Waals surface area contributed by atoms with Gasteiger partial charge >= 0.3 is 6.18 Å². The molecule has 0 spiro atoms. The van der Waals surface area contributed by atoms with Gasteiger partial charge in [0.15, 0.2) is 5.60 Å². The van der Waals surface area contributed by atoms with Crippen LogP contribution in [0.5, 0.6) is 0 Å². The van der Waals surface area contributed by atoms with Crippen molar-refractivity contribution in [1.82, 2.24) is 0 Å². The monoisotopic (exact) mass is 252 g/mol. The van der Waals surface area contributed by atoms with Crippen molar-refractivity contribution in [2.75, 3.05) is 0 Å².